The van der Waals surface area contributed by atoms with Crippen LogP contribution in [0, 0.1) is 10.1 Å². The molecule has 0 radical (unpaired) electrons. The van der Waals surface area contributed by atoms with E-state index in [1.165, 1.54) is 0 Å². The molecule has 0 saturated carbocycles. The number of nitrogens with zero attached hydrogens (tertiary/aromatic N) is 1. The van der Waals surface area contributed by atoms with Crippen LogP contribution >= 0.6 is 0 Å². The second-order valence-corrected chi connectivity index (χ2v) is 2.27. The van der Waals surface area contributed by atoms with Crippen molar-refractivity contribution in [3.63, 3.8) is 0 Å². The molecule has 6 nitrogen and oxygen atoms in total. The number of aromatic carboxylic acids is 1. The van der Waals surface area contributed by atoms with Gasteiger partial charge in [0.25, 0.3) is 0 Å². The van der Waals surface area contributed by atoms with Crippen LogP contribution in [-0.4, -0.2) is 72.5 Å². The van der Waals surface area contributed by atoms with Gasteiger partial charge in [0.1, 0.15) is 0 Å². The average Bonchev–Trinajstić information content (AvgIpc) is 2.04. The monoisotopic (exact) mass is 223 g/mol. The van der Waals surface area contributed by atoms with E-state index in [1.54, 1.807) is 0 Å². The summed E-state index contributed by atoms with van der Waals surface area (Å²) in [5.74, 6) is -1.82. The fourth-order valence-corrected chi connectivity index (χ4v) is 0.803. The first-order valence-corrected chi connectivity index (χ1v) is 3.23. The van der Waals surface area contributed by atoms with Crippen LogP contribution in [0.1, 0.15) is 10.4 Å². The van der Waals surface area contributed by atoms with Crippen molar-refractivity contribution < 1.29 is 19.9 Å². The topological polar surface area (TPSA) is 101 Å². The van der Waals surface area contributed by atoms with Crippen molar-refractivity contribution in [3.05, 3.63) is 33.9 Å². The van der Waals surface area contributed by atoms with E-state index < -0.39 is 22.3 Å². The molecule has 0 saturated heterocycles. The first kappa shape index (κ1) is 13.5. The van der Waals surface area contributed by atoms with Gasteiger partial charge in [-0.1, -0.05) is 0 Å². The number of phenols is 1. The van der Waals surface area contributed by atoms with Gasteiger partial charge in [-0.25, -0.2) is 4.79 Å². The summed E-state index contributed by atoms with van der Waals surface area (Å²) in [6.45, 7) is 0. The summed E-state index contributed by atoms with van der Waals surface area (Å²) in [5, 5.41) is 27.7. The molecular weight excluding hydrogens is 217 g/mol. The van der Waals surface area contributed by atoms with Crippen LogP contribution < -0.4 is 0 Å². The zero-order valence-corrected chi connectivity index (χ0v) is 6.30. The first-order chi connectivity index (χ1) is 6.02. The molecule has 0 aromatic heterocycles. The van der Waals surface area contributed by atoms with Crippen LogP contribution in [0.5, 0.6) is 5.75 Å². The summed E-state index contributed by atoms with van der Waals surface area (Å²) in [6.07, 6.45) is 0. The fourth-order valence-electron chi connectivity index (χ4n) is 0.803. The molecule has 0 heterocycles. The van der Waals surface area contributed by atoms with E-state index >= 15 is 0 Å². The molecular formula is C7H6KNO5. The summed E-state index contributed by atoms with van der Waals surface area (Å²) in [5.41, 5.74) is -0.843. The normalized spacial score (nSPS) is 8.86. The van der Waals surface area contributed by atoms with Gasteiger partial charge in [-0.2, -0.15) is 0 Å². The van der Waals surface area contributed by atoms with Crippen molar-refractivity contribution in [1.29, 1.82) is 0 Å². The number of aromatic hydroxyl groups is 1. The Labute approximate surface area is 121 Å². The SMILES string of the molecule is O=C(O)c1ccc(O)c([N+](=O)[O-])c1.[KH]. The minimum atomic E-state index is -1.27. The predicted octanol–water partition coefficient (Wildman–Crippen LogP) is 0.350. The summed E-state index contributed by atoms with van der Waals surface area (Å²) >= 11 is 0. The van der Waals surface area contributed by atoms with Crippen LogP contribution in [0.25, 0.3) is 0 Å². The number of phenolic OH excluding ortho intramolecular Hbond substituents is 1. The van der Waals surface area contributed by atoms with Crippen LogP contribution in [0.4, 0.5) is 5.69 Å². The van der Waals surface area contributed by atoms with Gasteiger partial charge in [0.2, 0.25) is 0 Å². The molecule has 0 aliphatic heterocycles. The Bertz CT molecular complexity index is 378. The van der Waals surface area contributed by atoms with Crippen LogP contribution in [0.3, 0.4) is 0 Å². The van der Waals surface area contributed by atoms with Crippen LogP contribution in [-0.2, 0) is 0 Å². The van der Waals surface area contributed by atoms with Crippen molar-refractivity contribution in [3.8, 4) is 5.75 Å². The number of carbonyl (C=O) groups is 1. The zero-order valence-electron chi connectivity index (χ0n) is 6.30. The van der Waals surface area contributed by atoms with E-state index in [0.29, 0.717) is 0 Å². The number of hydrogen-bond acceptors (Lipinski definition) is 4. The van der Waals surface area contributed by atoms with E-state index in [2.05, 4.69) is 0 Å². The molecule has 0 spiro atoms. The van der Waals surface area contributed by atoms with E-state index in [0.717, 1.165) is 18.2 Å². The summed E-state index contributed by atoms with van der Waals surface area (Å²) < 4.78 is 0. The van der Waals surface area contributed by atoms with Crippen molar-refractivity contribution in [2.45, 2.75) is 0 Å². The Morgan fingerprint density at radius 3 is 2.43 bits per heavy atom. The molecule has 2 N–H and O–H groups in total. The van der Waals surface area contributed by atoms with Gasteiger partial charge >= 0.3 is 63.0 Å². The molecule has 7 heteroatoms. The van der Waals surface area contributed by atoms with Crippen LogP contribution in [0.2, 0.25) is 0 Å². The molecule has 0 amide bonds. The third kappa shape index (κ3) is 3.03. The molecule has 0 atom stereocenters. The van der Waals surface area contributed by atoms with Gasteiger partial charge in [-0.3, -0.25) is 10.1 Å². The molecule has 14 heavy (non-hydrogen) atoms. The van der Waals surface area contributed by atoms with Gasteiger partial charge < -0.3 is 10.2 Å². The predicted molar refractivity (Wildman–Crippen MR) is 48.9 cm³/mol. The number of nitro groups is 1. The summed E-state index contributed by atoms with van der Waals surface area (Å²) in [7, 11) is 0. The molecule has 70 valence electrons. The molecule has 0 aliphatic carbocycles. The Hall–Kier alpha value is -0.474. The molecule has 1 aromatic carbocycles. The van der Waals surface area contributed by atoms with Gasteiger partial charge in [0.05, 0.1) is 10.5 Å². The number of carboxylic acid groups (broad SMARTS) is 1. The number of nitro benzene ring substituents is 1. The molecule has 1 rings (SSSR count). The van der Waals surface area contributed by atoms with Crippen molar-refractivity contribution in [2.24, 2.45) is 0 Å². The van der Waals surface area contributed by atoms with Crippen molar-refractivity contribution >= 4 is 63.0 Å². The Morgan fingerprint density at radius 1 is 1.43 bits per heavy atom. The quantitative estimate of drug-likeness (QED) is 0.428. The number of rotatable bonds is 2. The molecule has 0 unspecified atom stereocenters. The van der Waals surface area contributed by atoms with Gasteiger partial charge in [0.15, 0.2) is 5.75 Å². The van der Waals surface area contributed by atoms with Gasteiger partial charge in [-0.05, 0) is 12.1 Å². The molecule has 0 aliphatic rings. The van der Waals surface area contributed by atoms with E-state index in [9.17, 15) is 14.9 Å². The maximum absolute atomic E-state index is 10.4. The molecule has 1 aromatic rings. The first-order valence-electron chi connectivity index (χ1n) is 3.23. The Morgan fingerprint density at radius 2 is 2.00 bits per heavy atom. The number of hydrogen-bond donors (Lipinski definition) is 2. The van der Waals surface area contributed by atoms with E-state index in [1.807, 2.05) is 0 Å². The van der Waals surface area contributed by atoms with Crippen molar-refractivity contribution in [1.82, 2.24) is 0 Å². The van der Waals surface area contributed by atoms with Gasteiger partial charge in [0, 0.05) is 6.07 Å². The Kier molecular flexibility index (Phi) is 5.23. The third-order valence-corrected chi connectivity index (χ3v) is 1.42. The second kappa shape index (κ2) is 5.42. The third-order valence-electron chi connectivity index (χ3n) is 1.42. The fraction of sp³-hybridized carbons (Fsp3) is 0. The second-order valence-electron chi connectivity index (χ2n) is 2.27. The Balaban J connectivity index is 0.00000169. The van der Waals surface area contributed by atoms with E-state index in [-0.39, 0.29) is 56.9 Å². The summed E-state index contributed by atoms with van der Waals surface area (Å²) in [6, 6.07) is 2.86. The maximum atomic E-state index is 10.4. The molecule has 0 bridgehead atoms. The van der Waals surface area contributed by atoms with Crippen molar-refractivity contribution in [2.75, 3.05) is 0 Å². The van der Waals surface area contributed by atoms with E-state index in [4.69, 9.17) is 10.2 Å². The average molecular weight is 223 g/mol. The number of benzene rings is 1. The molecule has 0 fully saturated rings. The zero-order chi connectivity index (χ0) is 10.0. The standard InChI is InChI=1S/C7H5NO5.K.H/c9-6-2-1-4(7(10)11)3-5(6)8(12)13;;/h1-3,9H,(H,10,11);;. The summed E-state index contributed by atoms with van der Waals surface area (Å²) in [4.78, 5) is 19.8. The number of carboxylic acids is 1. The minimum absolute atomic E-state index is 0. The van der Waals surface area contributed by atoms with Crippen LogP contribution in [0.15, 0.2) is 18.2 Å². The van der Waals surface area contributed by atoms with Gasteiger partial charge in [-0.15, -0.1) is 0 Å².